The lowest BCUT2D eigenvalue weighted by Crippen LogP contribution is -2.78. The van der Waals surface area contributed by atoms with E-state index in [1.165, 1.54) is 109 Å². The number of ether oxygens (including phenoxy) is 7. The number of benzene rings is 3. The summed E-state index contributed by atoms with van der Waals surface area (Å²) in [5.74, 6) is -9.08. The molecule has 4 aliphatic rings. The molecule has 2 amide bonds. The van der Waals surface area contributed by atoms with Crippen LogP contribution in [0.25, 0.3) is 0 Å². The molecule has 0 radical (unpaired) electrons. The van der Waals surface area contributed by atoms with Crippen LogP contribution in [0.5, 0.6) is 0 Å². The summed E-state index contributed by atoms with van der Waals surface area (Å²) in [4.78, 5) is 161. The Bertz CT molecular complexity index is 3750. The average molecular weight is 1630 g/mol. The summed E-state index contributed by atoms with van der Waals surface area (Å²) in [6.07, 6.45) is 9.33. The van der Waals surface area contributed by atoms with Crippen molar-refractivity contribution in [1.29, 1.82) is 0 Å². The van der Waals surface area contributed by atoms with Gasteiger partial charge in [-0.05, 0) is 87.6 Å². The van der Waals surface area contributed by atoms with E-state index in [2.05, 4.69) is 28.1 Å². The molecule has 3 fully saturated rings. The van der Waals surface area contributed by atoms with E-state index in [-0.39, 0.29) is 92.0 Å². The van der Waals surface area contributed by atoms with Gasteiger partial charge in [0.05, 0.1) is 49.4 Å². The van der Waals surface area contributed by atoms with E-state index in [0.717, 1.165) is 64.7 Å². The molecule has 115 heavy (non-hydrogen) atoms. The van der Waals surface area contributed by atoms with Crippen LogP contribution in [0.15, 0.2) is 107 Å². The molecular weight excluding hydrogens is 1500 g/mol. The monoisotopic (exact) mass is 1630 g/mol. The van der Waals surface area contributed by atoms with Gasteiger partial charge in [-0.1, -0.05) is 208 Å². The van der Waals surface area contributed by atoms with Crippen LogP contribution in [-0.4, -0.2) is 175 Å². The average Bonchev–Trinajstić information content (AvgIpc) is 0.668. The van der Waals surface area contributed by atoms with Crippen molar-refractivity contribution in [3.8, 4) is 0 Å². The first-order valence-corrected chi connectivity index (χ1v) is 42.8. The second kappa shape index (κ2) is 46.9. The minimum atomic E-state index is -4.64. The van der Waals surface area contributed by atoms with Crippen molar-refractivity contribution < 1.29 is 110 Å². The molecule has 29 heteroatoms. The van der Waals surface area contributed by atoms with E-state index in [0.29, 0.717) is 25.9 Å². The zero-order valence-corrected chi connectivity index (χ0v) is 69.0. The Morgan fingerprint density at radius 1 is 0.652 bits per heavy atom. The standard InChI is InChI=1S/C86H123N4O24P/c1-8-9-10-11-12-13-14-15-16-17-18-20-23-35-44-70(95)106-56-65(57-109-115(104,105)108-52-51-89-103)111-71(96)45-36-24-21-19-22-25-37-48-87-49-50-88-69(94)46-47-72(97)113-76(74(62-38-29-26-30-39-62)90-80(99)63-40-31-27-32-41-63)82(101)112-66-55-86(102)79(114-81(100)64-42-33-28-34-43-64)77-84(7,67(93)53-68-85(77,58-107-68)54-59(2)91)78(98)75(110-61(4)92)73(60(66)3)83(86,5)6/h26-34,38-43,65-68,74-77,79,87,93,102H,8-25,35-37,44-58H2,1-7H3,(H,88,94)(H,90,99)(H,104,105)/t65?,66-,67-,68+,74-,75+,76+,77?,79-,84+,85+,86+/m0/s1. The number of aliphatic hydroxyl groups is 2. The number of phosphoric acid groups is 1. The summed E-state index contributed by atoms with van der Waals surface area (Å²) in [6, 6.07) is 22.5. The summed E-state index contributed by atoms with van der Waals surface area (Å²) in [5.41, 5.74) is -7.04. The van der Waals surface area contributed by atoms with Crippen molar-refractivity contribution in [2.24, 2.45) is 27.3 Å². The Kier molecular flexibility index (Phi) is 38.4. The molecule has 13 atom stereocenters. The predicted molar refractivity (Wildman–Crippen MR) is 425 cm³/mol. The fraction of sp³-hybridized carbons (Fsp3) is 0.651. The van der Waals surface area contributed by atoms with Gasteiger partial charge in [0.15, 0.2) is 18.0 Å². The van der Waals surface area contributed by atoms with Gasteiger partial charge in [0.2, 0.25) is 12.0 Å². The molecule has 2 bridgehead atoms. The van der Waals surface area contributed by atoms with Crippen LogP contribution < -0.4 is 16.0 Å². The first-order valence-electron chi connectivity index (χ1n) is 41.3. The van der Waals surface area contributed by atoms with Gasteiger partial charge in [-0.2, -0.15) is 4.91 Å². The summed E-state index contributed by atoms with van der Waals surface area (Å²) in [7, 11) is -4.64. The number of nitrogens with one attached hydrogen (secondary N) is 3. The number of unbranched alkanes of at least 4 members (excludes halogenated alkanes) is 19. The smallest absolute Gasteiger partial charge is 0.462 e. The van der Waals surface area contributed by atoms with Gasteiger partial charge < -0.3 is 69.0 Å². The number of aliphatic hydroxyl groups excluding tert-OH is 1. The van der Waals surface area contributed by atoms with Gasteiger partial charge in [0, 0.05) is 80.8 Å². The maximum absolute atomic E-state index is 16.0. The lowest BCUT2D eigenvalue weighted by Gasteiger charge is -2.68. The number of amides is 2. The van der Waals surface area contributed by atoms with Crippen molar-refractivity contribution in [3.05, 3.63) is 124 Å². The summed E-state index contributed by atoms with van der Waals surface area (Å²) in [5, 5.41) is 38.1. The molecule has 1 aliphatic heterocycles. The number of phosphoric ester groups is 1. The highest BCUT2D eigenvalue weighted by molar-refractivity contribution is 7.47. The first kappa shape index (κ1) is 94.2. The van der Waals surface area contributed by atoms with Crippen LogP contribution in [0.4, 0.5) is 0 Å². The molecular formula is C86H123N4O24P. The second-order valence-electron chi connectivity index (χ2n) is 31.8. The Balaban J connectivity index is 0.922. The Morgan fingerprint density at radius 3 is 1.77 bits per heavy atom. The Morgan fingerprint density at radius 2 is 1.21 bits per heavy atom. The van der Waals surface area contributed by atoms with Gasteiger partial charge in [-0.3, -0.25) is 42.6 Å². The number of ketones is 2. The van der Waals surface area contributed by atoms with Gasteiger partial charge in [0.1, 0.15) is 42.8 Å². The minimum Gasteiger partial charge on any atom is -0.462 e. The molecule has 636 valence electrons. The Labute approximate surface area is 676 Å². The predicted octanol–water partition coefficient (Wildman–Crippen LogP) is 12.8. The fourth-order valence-corrected chi connectivity index (χ4v) is 17.4. The highest BCUT2D eigenvalue weighted by atomic mass is 31.2. The molecule has 3 aromatic rings. The van der Waals surface area contributed by atoms with Crippen LogP contribution in [0.2, 0.25) is 0 Å². The van der Waals surface area contributed by atoms with Crippen LogP contribution >= 0.6 is 7.82 Å². The number of nitrogens with zero attached hydrogens (tertiary/aromatic N) is 1. The molecule has 1 saturated heterocycles. The van der Waals surface area contributed by atoms with E-state index in [9.17, 15) is 62.9 Å². The van der Waals surface area contributed by atoms with Crippen molar-refractivity contribution >= 4 is 67.0 Å². The van der Waals surface area contributed by atoms with E-state index >= 15 is 9.59 Å². The largest absolute Gasteiger partial charge is 0.472 e. The van der Waals surface area contributed by atoms with E-state index in [1.807, 2.05) is 0 Å². The minimum absolute atomic E-state index is 0.0481. The first-order chi connectivity index (χ1) is 55.0. The van der Waals surface area contributed by atoms with E-state index < -0.39 is 164 Å². The third-order valence-electron chi connectivity index (χ3n) is 22.9. The van der Waals surface area contributed by atoms with E-state index in [1.54, 1.807) is 80.6 Å². The quantitative estimate of drug-likeness (QED) is 0.00763. The molecule has 28 nitrogen and oxygen atoms in total. The van der Waals surface area contributed by atoms with Crippen molar-refractivity contribution in [1.82, 2.24) is 16.0 Å². The number of esters is 6. The van der Waals surface area contributed by atoms with Gasteiger partial charge in [0.25, 0.3) is 5.91 Å². The molecule has 2 saturated carbocycles. The molecule has 1 heterocycles. The topological polar surface area (TPSA) is 397 Å². The van der Waals surface area contributed by atoms with Crippen LogP contribution in [0, 0.1) is 27.1 Å². The number of hydrogen-bond donors (Lipinski definition) is 6. The molecule has 6 N–H and O–H groups in total. The Hall–Kier alpha value is -7.95. The molecule has 7 rings (SSSR count). The highest BCUT2D eigenvalue weighted by Gasteiger charge is 2.77. The zero-order valence-electron chi connectivity index (χ0n) is 68.1. The molecule has 3 aromatic carbocycles. The number of carbonyl (C=O) groups excluding carboxylic acids is 10. The van der Waals surface area contributed by atoms with Crippen LogP contribution in [0.1, 0.15) is 261 Å². The number of Topliss-reactive ketones (excluding diaryl/α,β-unsaturated/α-hetero) is 2. The number of hydrogen-bond acceptors (Lipinski definition) is 25. The number of nitroso groups, excluding NO2 is 1. The molecule has 0 spiro atoms. The van der Waals surface area contributed by atoms with Crippen LogP contribution in [-0.2, 0) is 85.1 Å². The SMILES string of the molecule is CCCCCCCCCCCCCCCCC(=O)OCC(COP(=O)(O)OCCN=O)OC(=O)CCCCCCCCCNCCNC(=O)CCC(=O)O[C@@H](C(=O)O[C@H]1C[C@@]2(O)[C@@H](OC(=O)c3ccccc3)C3[C@]4(CC(C)=O)CO[C@@H]4C[C@H](O)[C@@]3(C)C(=O)[C@H](OC(C)=O)C(=C1C)C2(C)C)[C@@H](NC(=O)c1ccccc1)c1ccccc1. The number of fused-ring (bicyclic) bond motifs is 5. The van der Waals surface area contributed by atoms with Crippen molar-refractivity contribution in [2.75, 3.05) is 52.6 Å². The maximum atomic E-state index is 16.0. The third kappa shape index (κ3) is 27.3. The fourth-order valence-electron chi connectivity index (χ4n) is 16.6. The van der Waals surface area contributed by atoms with Gasteiger partial charge >= 0.3 is 43.6 Å². The van der Waals surface area contributed by atoms with Crippen molar-refractivity contribution in [3.63, 3.8) is 0 Å². The van der Waals surface area contributed by atoms with Gasteiger partial charge in [-0.25, -0.2) is 14.2 Å². The number of carbonyl (C=O) groups is 10. The summed E-state index contributed by atoms with van der Waals surface area (Å²) >= 11 is 0. The summed E-state index contributed by atoms with van der Waals surface area (Å²) < 4.78 is 64.3. The maximum Gasteiger partial charge on any atom is 0.472 e. The third-order valence-corrected chi connectivity index (χ3v) is 23.9. The lowest BCUT2D eigenvalue weighted by atomic mass is 9.41. The second-order valence-corrected chi connectivity index (χ2v) is 33.3. The van der Waals surface area contributed by atoms with Crippen LogP contribution in [0.3, 0.4) is 0 Å². The normalized spacial score (nSPS) is 23.3. The molecule has 0 aromatic heterocycles. The zero-order chi connectivity index (χ0) is 83.6. The van der Waals surface area contributed by atoms with E-state index in [4.69, 9.17) is 42.2 Å². The highest BCUT2D eigenvalue weighted by Crippen LogP contribution is 2.67. The summed E-state index contributed by atoms with van der Waals surface area (Å²) in [6.45, 7) is 10.0. The number of rotatable bonds is 53. The lowest BCUT2D eigenvalue weighted by molar-refractivity contribution is -0.319. The molecule has 3 aliphatic carbocycles. The molecule has 3 unspecified atom stereocenters. The van der Waals surface area contributed by atoms with Gasteiger partial charge in [-0.15, -0.1) is 0 Å². The van der Waals surface area contributed by atoms with Crippen molar-refractivity contribution in [2.45, 2.75) is 283 Å².